The van der Waals surface area contributed by atoms with E-state index in [4.69, 9.17) is 5.73 Å². The Morgan fingerprint density at radius 2 is 2.38 bits per heavy atom. The molecule has 0 fully saturated rings. The molecule has 0 radical (unpaired) electrons. The number of esters is 1. The number of nitrogens with two attached hydrogens (primary N) is 1. The molecule has 4 nitrogen and oxygen atoms in total. The number of hydrogen-bond donors (Lipinski definition) is 1. The molecule has 2 N–H and O–H groups in total. The number of rotatable bonds is 5. The lowest BCUT2D eigenvalue weighted by molar-refractivity contribution is 0.0600. The second-order valence-corrected chi connectivity index (χ2v) is 4.55. The van der Waals surface area contributed by atoms with E-state index in [-0.39, 0.29) is 12.0 Å². The number of hydrogen-bond acceptors (Lipinski definition) is 5. The van der Waals surface area contributed by atoms with Crippen LogP contribution in [0.15, 0.2) is 18.3 Å². The minimum Gasteiger partial charge on any atom is -0.465 e. The lowest BCUT2D eigenvalue weighted by Crippen LogP contribution is -2.17. The maximum absolute atomic E-state index is 11.1. The number of aromatic nitrogens is 1. The predicted molar refractivity (Wildman–Crippen MR) is 65.4 cm³/mol. The molecule has 0 amide bonds. The number of thioether (sulfide) groups is 1. The number of carbonyl (C=O) groups is 1. The lowest BCUT2D eigenvalue weighted by Gasteiger charge is -2.04. The first-order chi connectivity index (χ1) is 7.63. The van der Waals surface area contributed by atoms with Crippen LogP contribution in [0.5, 0.6) is 0 Å². The molecule has 0 spiro atoms. The molecule has 0 saturated heterocycles. The van der Waals surface area contributed by atoms with Crippen molar-refractivity contribution in [1.82, 2.24) is 4.98 Å². The van der Waals surface area contributed by atoms with Crippen LogP contribution >= 0.6 is 11.8 Å². The summed E-state index contributed by atoms with van der Waals surface area (Å²) >= 11 is 1.73. The molecule has 0 saturated carbocycles. The third-order valence-corrected chi connectivity index (χ3v) is 3.14. The van der Waals surface area contributed by atoms with Gasteiger partial charge < -0.3 is 10.5 Å². The molecule has 1 heterocycles. The number of methoxy groups -OCH3 is 1. The first-order valence-electron chi connectivity index (χ1n) is 5.00. The molecule has 5 heteroatoms. The Hall–Kier alpha value is -1.07. The Bertz CT molecular complexity index is 338. The SMILES string of the molecule is COC(=O)c1ccc(CSCC(C)N)nc1. The van der Waals surface area contributed by atoms with Gasteiger partial charge in [-0.25, -0.2) is 4.79 Å². The fourth-order valence-corrected chi connectivity index (χ4v) is 1.97. The van der Waals surface area contributed by atoms with Crippen molar-refractivity contribution in [2.24, 2.45) is 5.73 Å². The monoisotopic (exact) mass is 240 g/mol. The molecule has 1 aromatic rings. The topological polar surface area (TPSA) is 65.2 Å². The summed E-state index contributed by atoms with van der Waals surface area (Å²) in [4.78, 5) is 15.3. The maximum atomic E-state index is 11.1. The van der Waals surface area contributed by atoms with E-state index in [1.54, 1.807) is 17.8 Å². The van der Waals surface area contributed by atoms with Gasteiger partial charge in [-0.3, -0.25) is 4.98 Å². The van der Waals surface area contributed by atoms with Crippen molar-refractivity contribution in [3.05, 3.63) is 29.6 Å². The highest BCUT2D eigenvalue weighted by molar-refractivity contribution is 7.98. The van der Waals surface area contributed by atoms with Crippen LogP contribution in [0.4, 0.5) is 0 Å². The summed E-state index contributed by atoms with van der Waals surface area (Å²) in [5.74, 6) is 1.35. The Labute approximate surface area is 99.6 Å². The van der Waals surface area contributed by atoms with Crippen LogP contribution in [0.1, 0.15) is 23.0 Å². The summed E-state index contributed by atoms with van der Waals surface area (Å²) < 4.78 is 4.59. The quantitative estimate of drug-likeness (QED) is 0.789. The van der Waals surface area contributed by atoms with Gasteiger partial charge in [0.05, 0.1) is 18.4 Å². The average Bonchev–Trinajstić information content (AvgIpc) is 2.28. The van der Waals surface area contributed by atoms with Gasteiger partial charge in [0.15, 0.2) is 0 Å². The van der Waals surface area contributed by atoms with Crippen molar-refractivity contribution in [2.75, 3.05) is 12.9 Å². The second kappa shape index (κ2) is 6.50. The van der Waals surface area contributed by atoms with Gasteiger partial charge in [-0.1, -0.05) is 0 Å². The first kappa shape index (κ1) is 13.0. The summed E-state index contributed by atoms with van der Waals surface area (Å²) in [6.07, 6.45) is 1.54. The van der Waals surface area contributed by atoms with Crippen molar-refractivity contribution in [2.45, 2.75) is 18.7 Å². The van der Waals surface area contributed by atoms with Gasteiger partial charge >= 0.3 is 5.97 Å². The second-order valence-electron chi connectivity index (χ2n) is 3.52. The van der Waals surface area contributed by atoms with Crippen LogP contribution in [-0.4, -0.2) is 29.9 Å². The molecule has 0 aliphatic carbocycles. The van der Waals surface area contributed by atoms with Crippen LogP contribution in [0.25, 0.3) is 0 Å². The van der Waals surface area contributed by atoms with Gasteiger partial charge in [0.2, 0.25) is 0 Å². The Balaban J connectivity index is 2.48. The largest absolute Gasteiger partial charge is 0.465 e. The van der Waals surface area contributed by atoms with Crippen LogP contribution in [0, 0.1) is 0 Å². The average molecular weight is 240 g/mol. The van der Waals surface area contributed by atoms with Gasteiger partial charge in [-0.05, 0) is 19.1 Å². The summed E-state index contributed by atoms with van der Waals surface area (Å²) in [6.45, 7) is 1.97. The zero-order chi connectivity index (χ0) is 12.0. The first-order valence-corrected chi connectivity index (χ1v) is 6.15. The molecule has 1 rings (SSSR count). The predicted octanol–water partition coefficient (Wildman–Crippen LogP) is 1.45. The number of nitrogens with zero attached hydrogens (tertiary/aromatic N) is 1. The van der Waals surface area contributed by atoms with Gasteiger partial charge in [-0.2, -0.15) is 11.8 Å². The molecule has 16 heavy (non-hydrogen) atoms. The van der Waals surface area contributed by atoms with Crippen molar-refractivity contribution in [1.29, 1.82) is 0 Å². The number of carbonyl (C=O) groups excluding carboxylic acids is 1. The minimum absolute atomic E-state index is 0.194. The molecule has 0 aromatic carbocycles. The maximum Gasteiger partial charge on any atom is 0.339 e. The van der Waals surface area contributed by atoms with E-state index in [2.05, 4.69) is 9.72 Å². The molecule has 0 bridgehead atoms. The van der Waals surface area contributed by atoms with Gasteiger partial charge in [-0.15, -0.1) is 0 Å². The van der Waals surface area contributed by atoms with Gasteiger partial charge in [0.25, 0.3) is 0 Å². The summed E-state index contributed by atoms with van der Waals surface area (Å²) in [5.41, 5.74) is 7.05. The minimum atomic E-state index is -0.359. The van der Waals surface area contributed by atoms with Gasteiger partial charge in [0.1, 0.15) is 0 Å². The van der Waals surface area contributed by atoms with Crippen molar-refractivity contribution >= 4 is 17.7 Å². The molecular formula is C11H16N2O2S. The summed E-state index contributed by atoms with van der Waals surface area (Å²) in [7, 11) is 1.36. The molecule has 0 aliphatic heterocycles. The Kier molecular flexibility index (Phi) is 5.28. The highest BCUT2D eigenvalue weighted by Gasteiger charge is 2.05. The normalized spacial score (nSPS) is 12.2. The molecular weight excluding hydrogens is 224 g/mol. The third-order valence-electron chi connectivity index (χ3n) is 1.88. The van der Waals surface area contributed by atoms with Crippen LogP contribution in [0.3, 0.4) is 0 Å². The van der Waals surface area contributed by atoms with E-state index in [0.29, 0.717) is 5.56 Å². The molecule has 0 aliphatic rings. The fraction of sp³-hybridized carbons (Fsp3) is 0.455. The van der Waals surface area contributed by atoms with Crippen LogP contribution in [-0.2, 0) is 10.5 Å². The smallest absolute Gasteiger partial charge is 0.339 e. The Morgan fingerprint density at radius 3 is 2.88 bits per heavy atom. The van der Waals surface area contributed by atoms with E-state index in [1.165, 1.54) is 13.3 Å². The highest BCUT2D eigenvalue weighted by atomic mass is 32.2. The van der Waals surface area contributed by atoms with Crippen LogP contribution in [0.2, 0.25) is 0 Å². The standard InChI is InChI=1S/C11H16N2O2S/c1-8(12)6-16-7-10-4-3-9(5-13-10)11(14)15-2/h3-5,8H,6-7,12H2,1-2H3. The van der Waals surface area contributed by atoms with Crippen molar-refractivity contribution in [3.8, 4) is 0 Å². The molecule has 88 valence electrons. The van der Waals surface area contributed by atoms with E-state index in [1.807, 2.05) is 13.0 Å². The molecule has 1 unspecified atom stereocenters. The van der Waals surface area contributed by atoms with Crippen molar-refractivity contribution in [3.63, 3.8) is 0 Å². The zero-order valence-electron chi connectivity index (χ0n) is 9.47. The third kappa shape index (κ3) is 4.20. The van der Waals surface area contributed by atoms with E-state index in [0.717, 1.165) is 17.2 Å². The fourth-order valence-electron chi connectivity index (χ4n) is 1.10. The van der Waals surface area contributed by atoms with E-state index >= 15 is 0 Å². The number of ether oxygens (including phenoxy) is 1. The lowest BCUT2D eigenvalue weighted by atomic mass is 10.2. The highest BCUT2D eigenvalue weighted by Crippen LogP contribution is 2.11. The van der Waals surface area contributed by atoms with Crippen molar-refractivity contribution < 1.29 is 9.53 Å². The molecule has 1 atom stereocenters. The number of pyridine rings is 1. The molecule has 1 aromatic heterocycles. The van der Waals surface area contributed by atoms with E-state index in [9.17, 15) is 4.79 Å². The summed E-state index contributed by atoms with van der Waals surface area (Å²) in [5, 5.41) is 0. The zero-order valence-corrected chi connectivity index (χ0v) is 10.3. The van der Waals surface area contributed by atoms with Crippen LogP contribution < -0.4 is 5.73 Å². The Morgan fingerprint density at radius 1 is 1.62 bits per heavy atom. The van der Waals surface area contributed by atoms with E-state index < -0.39 is 0 Å². The van der Waals surface area contributed by atoms with Gasteiger partial charge in [0, 0.05) is 23.7 Å². The summed E-state index contributed by atoms with van der Waals surface area (Å²) in [6, 6.07) is 3.75.